The molecule has 17 heteroatoms. The number of morpholine rings is 2. The number of benzene rings is 4. The summed E-state index contributed by atoms with van der Waals surface area (Å²) in [6, 6.07) is 35.3. The number of ether oxygens (including phenoxy) is 4. The van der Waals surface area contributed by atoms with Crippen LogP contribution in [0, 0.1) is 36.5 Å². The molecular weight excluding hydrogens is 868 g/mol. The third-order valence-corrected chi connectivity index (χ3v) is 11.1. The number of anilines is 1. The summed E-state index contributed by atoms with van der Waals surface area (Å²) in [4.78, 5) is 29.9. The number of nitrogens with one attached hydrogen (secondary N) is 1. The van der Waals surface area contributed by atoms with Crippen LogP contribution in [0.5, 0.6) is 11.5 Å². The van der Waals surface area contributed by atoms with Crippen molar-refractivity contribution in [2.45, 2.75) is 27.7 Å². The molecule has 0 unspecified atom stereocenters. The largest absolute Gasteiger partial charge is 0.494 e. The van der Waals surface area contributed by atoms with Crippen LogP contribution >= 0.6 is 11.6 Å². The van der Waals surface area contributed by atoms with Gasteiger partial charge in [0.05, 0.1) is 51.0 Å². The second-order valence-electron chi connectivity index (χ2n) is 15.3. The average molecular weight is 917 g/mol. The van der Waals surface area contributed by atoms with Gasteiger partial charge >= 0.3 is 0 Å². The predicted octanol–water partition coefficient (Wildman–Crippen LogP) is 8.22. The third-order valence-electron chi connectivity index (χ3n) is 10.9. The Hall–Kier alpha value is -7.47. The molecule has 6 heterocycles. The van der Waals surface area contributed by atoms with Crippen LogP contribution in [0.2, 0.25) is 5.28 Å². The smallest absolute Gasteiger partial charge is 0.212 e. The van der Waals surface area contributed by atoms with Gasteiger partial charge in [0, 0.05) is 37.3 Å². The first-order valence-electron chi connectivity index (χ1n) is 22.1. The van der Waals surface area contributed by atoms with E-state index in [2.05, 4.69) is 55.3 Å². The van der Waals surface area contributed by atoms with E-state index in [1.807, 2.05) is 116 Å². The van der Waals surface area contributed by atoms with Gasteiger partial charge in [0.1, 0.15) is 34.7 Å². The Labute approximate surface area is 393 Å². The molecule has 0 bridgehead atoms. The first kappa shape index (κ1) is 46.1. The highest BCUT2D eigenvalue weighted by Crippen LogP contribution is 2.33. The minimum absolute atomic E-state index is 0.183. The predicted molar refractivity (Wildman–Crippen MR) is 257 cm³/mol. The lowest BCUT2D eigenvalue weighted by molar-refractivity contribution is 0.109. The summed E-state index contributed by atoms with van der Waals surface area (Å²) in [5.74, 6) is 3.20. The van der Waals surface area contributed by atoms with Gasteiger partial charge in [-0.1, -0.05) is 36.4 Å². The molecule has 0 radical (unpaired) electrons. The molecule has 4 aromatic carbocycles. The number of fused-ring (bicyclic) bond motifs is 2. The van der Waals surface area contributed by atoms with E-state index in [4.69, 9.17) is 40.5 Å². The number of hydrogen-bond acceptors (Lipinski definition) is 14. The Kier molecular flexibility index (Phi) is 14.9. The normalized spacial score (nSPS) is 13.4. The van der Waals surface area contributed by atoms with Gasteiger partial charge in [-0.15, -0.1) is 0 Å². The number of halogens is 1. The van der Waals surface area contributed by atoms with Gasteiger partial charge in [0.2, 0.25) is 11.2 Å². The lowest BCUT2D eigenvalue weighted by Crippen LogP contribution is -2.37. The molecule has 0 saturated carbocycles. The van der Waals surface area contributed by atoms with Crippen molar-refractivity contribution in [1.82, 2.24) is 44.4 Å². The maximum atomic E-state index is 9.91. The first-order valence-corrected chi connectivity index (χ1v) is 22.5. The zero-order valence-corrected chi connectivity index (χ0v) is 38.5. The zero-order chi connectivity index (χ0) is 46.7. The lowest BCUT2D eigenvalue weighted by Gasteiger charge is -2.28. The summed E-state index contributed by atoms with van der Waals surface area (Å²) < 4.78 is 25.4. The van der Waals surface area contributed by atoms with Crippen LogP contribution in [0.15, 0.2) is 97.1 Å². The minimum Gasteiger partial charge on any atom is -0.494 e. The number of hydrogen-bond donors (Lipinski definition) is 1. The van der Waals surface area contributed by atoms with Crippen molar-refractivity contribution in [2.24, 2.45) is 0 Å². The van der Waals surface area contributed by atoms with Crippen LogP contribution in [0.1, 0.15) is 36.4 Å². The molecule has 67 heavy (non-hydrogen) atoms. The van der Waals surface area contributed by atoms with Crippen molar-refractivity contribution in [1.29, 1.82) is 10.5 Å². The van der Waals surface area contributed by atoms with E-state index in [0.29, 0.717) is 60.4 Å². The number of para-hydroxylation sites is 2. The fourth-order valence-corrected chi connectivity index (χ4v) is 7.84. The van der Waals surface area contributed by atoms with E-state index in [1.54, 1.807) is 4.57 Å². The summed E-state index contributed by atoms with van der Waals surface area (Å²) in [6.07, 6.45) is 0. The Morgan fingerprint density at radius 2 is 1.06 bits per heavy atom. The molecule has 2 aliphatic heterocycles. The van der Waals surface area contributed by atoms with Gasteiger partial charge in [-0.05, 0) is 111 Å². The molecule has 0 atom stereocenters. The Balaban J connectivity index is 0.000000163. The standard InChI is InChI=1S/C25H24N6O2.C21H16ClN5O.C4H9NO/c1-3-33-19-10-8-18(9-11-19)23-27-20(16-26)22-24(29-23)31(21-7-5-4-6-17(21)2)25(28-22)30-12-14-32-15-13-30;1-3-28-15-10-8-14(9-11-15)19-24-16(12-23)18-20(26-19)27(21(22)25-18)17-7-5-4-6-13(17)2;1-3-6-4-2-5-1/h4-11H,3,12-15H2,1-2H3;4-11H,3H2,1-2H3;5H,1-4H2. The molecule has 4 aromatic heterocycles. The minimum atomic E-state index is 0.183. The molecule has 0 spiro atoms. The van der Waals surface area contributed by atoms with E-state index in [-0.39, 0.29) is 16.7 Å². The summed E-state index contributed by atoms with van der Waals surface area (Å²) in [5.41, 5.74) is 7.94. The molecule has 2 saturated heterocycles. The van der Waals surface area contributed by atoms with E-state index in [9.17, 15) is 10.5 Å². The van der Waals surface area contributed by atoms with E-state index in [0.717, 1.165) is 90.5 Å². The van der Waals surface area contributed by atoms with Gasteiger partial charge < -0.3 is 29.2 Å². The van der Waals surface area contributed by atoms with Crippen molar-refractivity contribution < 1.29 is 18.9 Å². The van der Waals surface area contributed by atoms with Crippen molar-refractivity contribution >= 4 is 39.9 Å². The molecular formula is C50H49ClN12O4. The number of rotatable bonds is 9. The molecule has 2 aliphatic rings. The van der Waals surface area contributed by atoms with Crippen LogP contribution in [-0.2, 0) is 9.47 Å². The fraction of sp³-hybridized carbons (Fsp3) is 0.280. The van der Waals surface area contributed by atoms with Crippen LogP contribution in [-0.4, -0.2) is 105 Å². The summed E-state index contributed by atoms with van der Waals surface area (Å²) in [7, 11) is 0. The first-order chi connectivity index (χ1) is 32.8. The van der Waals surface area contributed by atoms with Crippen LogP contribution in [0.25, 0.3) is 56.5 Å². The second kappa shape index (κ2) is 21.7. The quantitative estimate of drug-likeness (QED) is 0.136. The summed E-state index contributed by atoms with van der Waals surface area (Å²) in [6.45, 7) is 15.6. The monoisotopic (exact) mass is 916 g/mol. The summed E-state index contributed by atoms with van der Waals surface area (Å²) >= 11 is 6.42. The highest BCUT2D eigenvalue weighted by molar-refractivity contribution is 6.29. The van der Waals surface area contributed by atoms with Crippen LogP contribution in [0.4, 0.5) is 5.95 Å². The Bertz CT molecular complexity index is 3050. The topological polar surface area (TPSA) is 187 Å². The molecule has 2 fully saturated rings. The molecule has 16 nitrogen and oxygen atoms in total. The van der Waals surface area contributed by atoms with Crippen molar-refractivity contribution in [3.05, 3.63) is 125 Å². The fourth-order valence-electron chi connectivity index (χ4n) is 7.58. The lowest BCUT2D eigenvalue weighted by atomic mass is 10.2. The van der Waals surface area contributed by atoms with Gasteiger partial charge in [0.25, 0.3) is 0 Å². The zero-order valence-electron chi connectivity index (χ0n) is 37.7. The van der Waals surface area contributed by atoms with Crippen LogP contribution < -0.4 is 19.7 Å². The number of nitrogens with zero attached hydrogens (tertiary/aromatic N) is 11. The molecule has 0 amide bonds. The molecule has 340 valence electrons. The number of aromatic nitrogens is 8. The van der Waals surface area contributed by atoms with Gasteiger partial charge in [-0.3, -0.25) is 9.13 Å². The van der Waals surface area contributed by atoms with E-state index < -0.39 is 0 Å². The molecule has 10 rings (SSSR count). The number of imidazole rings is 2. The van der Waals surface area contributed by atoms with Crippen molar-refractivity contribution in [3.63, 3.8) is 0 Å². The SMILES string of the molecule is C1COCCN1.CCOc1ccc(-c2nc(C#N)c3nc(Cl)n(-c4ccccc4C)c3n2)cc1.CCOc1ccc(-c2nc(C#N)c3nc(N4CCOCC4)n(-c4ccccc4C)c3n2)cc1. The van der Waals surface area contributed by atoms with E-state index in [1.165, 1.54) is 0 Å². The summed E-state index contributed by atoms with van der Waals surface area (Å²) in [5, 5.41) is 22.9. The number of nitriles is 2. The second-order valence-corrected chi connectivity index (χ2v) is 15.6. The number of aryl methyl sites for hydroxylation is 2. The van der Waals surface area contributed by atoms with Crippen molar-refractivity contribution in [2.75, 3.05) is 70.7 Å². The van der Waals surface area contributed by atoms with Gasteiger partial charge in [0.15, 0.2) is 34.3 Å². The third kappa shape index (κ3) is 10.3. The maximum absolute atomic E-state index is 9.91. The highest BCUT2D eigenvalue weighted by Gasteiger charge is 2.26. The van der Waals surface area contributed by atoms with Gasteiger partial charge in [-0.2, -0.15) is 10.5 Å². The van der Waals surface area contributed by atoms with Crippen LogP contribution in [0.3, 0.4) is 0 Å². The molecule has 8 aromatic rings. The highest BCUT2D eigenvalue weighted by atomic mass is 35.5. The van der Waals surface area contributed by atoms with Crippen molar-refractivity contribution in [3.8, 4) is 57.8 Å². The molecule has 0 aliphatic carbocycles. The van der Waals surface area contributed by atoms with Gasteiger partial charge in [-0.25, -0.2) is 29.9 Å². The Morgan fingerprint density at radius 1 is 0.597 bits per heavy atom. The maximum Gasteiger partial charge on any atom is 0.212 e. The average Bonchev–Trinajstić information content (AvgIpc) is 3.93. The Morgan fingerprint density at radius 3 is 1.51 bits per heavy atom. The molecule has 1 N–H and O–H groups in total. The van der Waals surface area contributed by atoms with E-state index >= 15 is 0 Å².